The molecule has 0 aliphatic rings. The molecule has 0 unspecified atom stereocenters. The quantitative estimate of drug-likeness (QED) is 0.465. The summed E-state index contributed by atoms with van der Waals surface area (Å²) in [4.78, 5) is 12.9. The van der Waals surface area contributed by atoms with Crippen molar-refractivity contribution >= 4 is 27.3 Å². The molecule has 0 saturated heterocycles. The number of anilines is 2. The van der Waals surface area contributed by atoms with Crippen molar-refractivity contribution in [2.24, 2.45) is 0 Å². The maximum atomic E-state index is 12.9. The lowest BCUT2D eigenvalue weighted by atomic mass is 10.1. The van der Waals surface area contributed by atoms with E-state index in [1.807, 2.05) is 32.0 Å². The molecule has 0 aliphatic heterocycles. The Balaban J connectivity index is 1.91. The first-order valence-electron chi connectivity index (χ1n) is 10.8. The van der Waals surface area contributed by atoms with Gasteiger partial charge >= 0.3 is 0 Å². The molecule has 8 nitrogen and oxygen atoms in total. The maximum absolute atomic E-state index is 12.9. The number of methoxy groups -OCH3 is 2. The summed E-state index contributed by atoms with van der Waals surface area (Å²) in [6.07, 6.45) is 1.12. The smallest absolute Gasteiger partial charge is 0.255 e. The molecule has 0 bridgehead atoms. The summed E-state index contributed by atoms with van der Waals surface area (Å²) in [7, 11) is 0.943. The topological polar surface area (TPSA) is 94.2 Å². The van der Waals surface area contributed by atoms with Crippen LogP contribution >= 0.6 is 0 Å². The van der Waals surface area contributed by atoms with E-state index in [0.717, 1.165) is 27.3 Å². The van der Waals surface area contributed by atoms with Crippen LogP contribution in [0.1, 0.15) is 27.0 Å². The number of carbonyl (C=O) groups excluding carboxylic acids is 1. The zero-order chi connectivity index (χ0) is 25.8. The Hall–Kier alpha value is -3.72. The summed E-state index contributed by atoms with van der Waals surface area (Å²) in [5.74, 6) is 0.904. The van der Waals surface area contributed by atoms with Gasteiger partial charge in [-0.25, -0.2) is 8.42 Å². The predicted molar refractivity (Wildman–Crippen MR) is 137 cm³/mol. The fourth-order valence-electron chi connectivity index (χ4n) is 3.44. The highest BCUT2D eigenvalue weighted by molar-refractivity contribution is 7.92. The van der Waals surface area contributed by atoms with E-state index in [2.05, 4.69) is 5.32 Å². The summed E-state index contributed by atoms with van der Waals surface area (Å²) in [5, 5.41) is 2.83. The van der Waals surface area contributed by atoms with Crippen molar-refractivity contribution in [3.05, 3.63) is 76.9 Å². The van der Waals surface area contributed by atoms with E-state index < -0.39 is 10.0 Å². The van der Waals surface area contributed by atoms with Crippen LogP contribution in [0.15, 0.2) is 54.6 Å². The lowest BCUT2D eigenvalue weighted by Gasteiger charge is -2.21. The molecule has 35 heavy (non-hydrogen) atoms. The van der Waals surface area contributed by atoms with Crippen molar-refractivity contribution in [2.45, 2.75) is 20.5 Å². The van der Waals surface area contributed by atoms with Gasteiger partial charge in [0.25, 0.3) is 5.91 Å². The second-order valence-electron chi connectivity index (χ2n) is 8.16. The molecule has 3 aromatic rings. The summed E-state index contributed by atoms with van der Waals surface area (Å²) in [6, 6.07) is 15.8. The molecule has 1 N–H and O–H groups in total. The Bertz CT molecular complexity index is 1340. The van der Waals surface area contributed by atoms with E-state index in [-0.39, 0.29) is 12.5 Å². The molecular weight excluding hydrogens is 468 g/mol. The molecular formula is C26H30N2O6S. The summed E-state index contributed by atoms with van der Waals surface area (Å²) < 4.78 is 42.1. The fourth-order valence-corrected chi connectivity index (χ4v) is 3.95. The van der Waals surface area contributed by atoms with Crippen molar-refractivity contribution in [3.8, 4) is 17.2 Å². The molecule has 0 radical (unpaired) electrons. The van der Waals surface area contributed by atoms with E-state index >= 15 is 0 Å². The van der Waals surface area contributed by atoms with Gasteiger partial charge in [-0.1, -0.05) is 23.8 Å². The number of nitrogens with one attached hydrogen (secondary N) is 1. The van der Waals surface area contributed by atoms with Crippen molar-refractivity contribution in [3.63, 3.8) is 0 Å². The Morgan fingerprint density at radius 2 is 1.63 bits per heavy atom. The number of sulfonamides is 1. The second-order valence-corrected chi connectivity index (χ2v) is 10.2. The van der Waals surface area contributed by atoms with Gasteiger partial charge in [0.2, 0.25) is 10.0 Å². The molecule has 0 spiro atoms. The standard InChI is InChI=1S/C26H30N2O6S/c1-17-7-8-18(2)20(13-17)16-34-24-15-21(10-11-22(24)28(3)35(6,30)31)27-26(29)19-9-12-23(32-4)25(14-19)33-5/h7-15H,16H2,1-6H3,(H,27,29). The third-order valence-electron chi connectivity index (χ3n) is 5.59. The molecule has 3 rings (SSSR count). The van der Waals surface area contributed by atoms with Gasteiger partial charge in [0.1, 0.15) is 12.4 Å². The lowest BCUT2D eigenvalue weighted by Crippen LogP contribution is -2.25. The van der Waals surface area contributed by atoms with Gasteiger partial charge < -0.3 is 19.5 Å². The third kappa shape index (κ3) is 6.24. The van der Waals surface area contributed by atoms with Crippen molar-refractivity contribution < 1.29 is 27.4 Å². The molecule has 0 atom stereocenters. The predicted octanol–water partition coefficient (Wildman–Crippen LogP) is 4.55. The molecule has 3 aromatic carbocycles. The van der Waals surface area contributed by atoms with E-state index in [4.69, 9.17) is 14.2 Å². The van der Waals surface area contributed by atoms with Gasteiger partial charge in [0, 0.05) is 24.4 Å². The highest BCUT2D eigenvalue weighted by Gasteiger charge is 2.19. The molecule has 0 aliphatic carbocycles. The van der Waals surface area contributed by atoms with E-state index in [1.165, 1.54) is 21.3 Å². The Morgan fingerprint density at radius 1 is 0.914 bits per heavy atom. The van der Waals surface area contributed by atoms with Crippen LogP contribution in [0.2, 0.25) is 0 Å². The average molecular weight is 499 g/mol. The fraction of sp³-hybridized carbons (Fsp3) is 0.269. The lowest BCUT2D eigenvalue weighted by molar-refractivity contribution is 0.102. The van der Waals surface area contributed by atoms with E-state index in [0.29, 0.717) is 34.2 Å². The van der Waals surface area contributed by atoms with Crippen molar-refractivity contribution in [1.29, 1.82) is 0 Å². The minimum absolute atomic E-state index is 0.241. The highest BCUT2D eigenvalue weighted by Crippen LogP contribution is 2.34. The number of hydrogen-bond acceptors (Lipinski definition) is 6. The van der Waals surface area contributed by atoms with Gasteiger partial charge in [-0.2, -0.15) is 0 Å². The van der Waals surface area contributed by atoms with Crippen molar-refractivity contribution in [1.82, 2.24) is 0 Å². The zero-order valence-corrected chi connectivity index (χ0v) is 21.5. The van der Waals surface area contributed by atoms with Gasteiger partial charge in [-0.15, -0.1) is 0 Å². The number of carbonyl (C=O) groups is 1. The average Bonchev–Trinajstić information content (AvgIpc) is 2.83. The minimum atomic E-state index is -3.53. The summed E-state index contributed by atoms with van der Waals surface area (Å²) in [5.41, 5.74) is 4.33. The van der Waals surface area contributed by atoms with Gasteiger partial charge in [-0.3, -0.25) is 9.10 Å². The number of amides is 1. The summed E-state index contributed by atoms with van der Waals surface area (Å²) in [6.45, 7) is 4.22. The summed E-state index contributed by atoms with van der Waals surface area (Å²) >= 11 is 0. The number of hydrogen-bond donors (Lipinski definition) is 1. The van der Waals surface area contributed by atoms with Crippen LogP contribution < -0.4 is 23.8 Å². The SMILES string of the molecule is COc1ccc(C(=O)Nc2ccc(N(C)S(C)(=O)=O)c(OCc3cc(C)ccc3C)c2)cc1OC. The largest absolute Gasteiger partial charge is 0.493 e. The first-order chi connectivity index (χ1) is 16.5. The monoisotopic (exact) mass is 498 g/mol. The van der Waals surface area contributed by atoms with Crippen molar-refractivity contribution in [2.75, 3.05) is 37.1 Å². The molecule has 1 amide bonds. The third-order valence-corrected chi connectivity index (χ3v) is 6.78. The molecule has 0 saturated carbocycles. The number of ether oxygens (including phenoxy) is 3. The Kier molecular flexibility index (Phi) is 7.91. The van der Waals surface area contributed by atoms with Crippen LogP contribution in [0.25, 0.3) is 0 Å². The van der Waals surface area contributed by atoms with Gasteiger partial charge in [-0.05, 0) is 55.3 Å². The minimum Gasteiger partial charge on any atom is -0.493 e. The van der Waals surface area contributed by atoms with Crippen LogP contribution in [-0.2, 0) is 16.6 Å². The van der Waals surface area contributed by atoms with Crippen LogP contribution in [0.3, 0.4) is 0 Å². The van der Waals surface area contributed by atoms with Crippen LogP contribution in [0.4, 0.5) is 11.4 Å². The number of aryl methyl sites for hydroxylation is 2. The number of rotatable bonds is 9. The van der Waals surface area contributed by atoms with Crippen LogP contribution in [0.5, 0.6) is 17.2 Å². The molecule has 0 heterocycles. The Labute approximate surface area is 206 Å². The van der Waals surface area contributed by atoms with E-state index in [9.17, 15) is 13.2 Å². The zero-order valence-electron chi connectivity index (χ0n) is 20.7. The number of nitrogens with zero attached hydrogens (tertiary/aromatic N) is 1. The second kappa shape index (κ2) is 10.7. The molecule has 9 heteroatoms. The first-order valence-corrected chi connectivity index (χ1v) is 12.7. The molecule has 0 aromatic heterocycles. The van der Waals surface area contributed by atoms with E-state index in [1.54, 1.807) is 36.4 Å². The van der Waals surface area contributed by atoms with Gasteiger partial charge in [0.05, 0.1) is 26.2 Å². The maximum Gasteiger partial charge on any atom is 0.255 e. The van der Waals surface area contributed by atoms with Gasteiger partial charge in [0.15, 0.2) is 11.5 Å². The normalized spacial score (nSPS) is 11.0. The molecule has 0 fully saturated rings. The molecule has 186 valence electrons. The van der Waals surface area contributed by atoms with Crippen LogP contribution in [0, 0.1) is 13.8 Å². The highest BCUT2D eigenvalue weighted by atomic mass is 32.2. The van der Waals surface area contributed by atoms with Crippen LogP contribution in [-0.4, -0.2) is 41.8 Å². The Morgan fingerprint density at radius 3 is 2.29 bits per heavy atom. The number of benzene rings is 3. The first kappa shape index (κ1) is 25.9.